The Kier molecular flexibility index (Phi) is 2.99. The van der Waals surface area contributed by atoms with Gasteiger partial charge >= 0.3 is 5.97 Å². The average Bonchev–Trinajstić information content (AvgIpc) is 2.71. The second-order valence-electron chi connectivity index (χ2n) is 3.78. The standard InChI is InChI=1S/C12H14N2O3/c1-7-11-9(14-13-7)5-4-6-10(11)17-8(2)12(15)16-3/h4-6,8H,1-3H3,(H,13,14). The predicted molar refractivity (Wildman–Crippen MR) is 62.9 cm³/mol. The monoisotopic (exact) mass is 234 g/mol. The number of ether oxygens (including phenoxy) is 2. The summed E-state index contributed by atoms with van der Waals surface area (Å²) in [6.07, 6.45) is -0.639. The zero-order chi connectivity index (χ0) is 12.4. The van der Waals surface area contributed by atoms with Crippen LogP contribution in [0.15, 0.2) is 18.2 Å². The molecule has 1 heterocycles. The molecule has 0 bridgehead atoms. The largest absolute Gasteiger partial charge is 0.478 e. The van der Waals surface area contributed by atoms with Crippen LogP contribution in [0.3, 0.4) is 0 Å². The summed E-state index contributed by atoms with van der Waals surface area (Å²) in [5, 5.41) is 7.91. The highest BCUT2D eigenvalue weighted by atomic mass is 16.6. The molecule has 1 unspecified atom stereocenters. The summed E-state index contributed by atoms with van der Waals surface area (Å²) in [7, 11) is 1.34. The molecule has 2 rings (SSSR count). The predicted octanol–water partition coefficient (Wildman–Crippen LogP) is 1.81. The van der Waals surface area contributed by atoms with Gasteiger partial charge in [0.15, 0.2) is 6.10 Å². The fourth-order valence-corrected chi connectivity index (χ4v) is 1.69. The van der Waals surface area contributed by atoms with E-state index in [9.17, 15) is 4.79 Å². The first-order valence-electron chi connectivity index (χ1n) is 5.31. The Morgan fingerprint density at radius 3 is 2.94 bits per heavy atom. The third-order valence-electron chi connectivity index (χ3n) is 2.56. The molecule has 1 aromatic carbocycles. The molecule has 0 amide bonds. The Hall–Kier alpha value is -2.04. The Morgan fingerprint density at radius 2 is 2.24 bits per heavy atom. The van der Waals surface area contributed by atoms with Gasteiger partial charge in [0.1, 0.15) is 5.75 Å². The first-order chi connectivity index (χ1) is 8.13. The van der Waals surface area contributed by atoms with E-state index in [1.165, 1.54) is 7.11 Å². The number of carbonyl (C=O) groups is 1. The molecular formula is C12H14N2O3. The van der Waals surface area contributed by atoms with Gasteiger partial charge in [-0.25, -0.2) is 4.79 Å². The molecule has 17 heavy (non-hydrogen) atoms. The quantitative estimate of drug-likeness (QED) is 0.822. The molecule has 0 spiro atoms. The van der Waals surface area contributed by atoms with Crippen LogP contribution in [0.25, 0.3) is 10.9 Å². The minimum Gasteiger partial charge on any atom is -0.478 e. The number of hydrogen-bond acceptors (Lipinski definition) is 4. The Bertz CT molecular complexity index is 548. The number of hydrogen-bond donors (Lipinski definition) is 1. The van der Waals surface area contributed by atoms with Gasteiger partial charge in [0, 0.05) is 5.69 Å². The van der Waals surface area contributed by atoms with Crippen molar-refractivity contribution in [2.45, 2.75) is 20.0 Å². The Labute approximate surface area is 98.7 Å². The lowest BCUT2D eigenvalue weighted by Crippen LogP contribution is -2.24. The van der Waals surface area contributed by atoms with Crippen molar-refractivity contribution in [1.29, 1.82) is 0 Å². The summed E-state index contributed by atoms with van der Waals surface area (Å²) in [4.78, 5) is 11.3. The molecule has 5 heteroatoms. The molecule has 1 N–H and O–H groups in total. The van der Waals surface area contributed by atoms with Crippen LogP contribution in [0, 0.1) is 6.92 Å². The van der Waals surface area contributed by atoms with Crippen LogP contribution in [0.4, 0.5) is 0 Å². The molecule has 0 fully saturated rings. The van der Waals surface area contributed by atoms with Crippen molar-refractivity contribution in [2.24, 2.45) is 0 Å². The number of esters is 1. The zero-order valence-corrected chi connectivity index (χ0v) is 9.98. The molecular weight excluding hydrogens is 220 g/mol. The molecule has 1 aromatic heterocycles. The Morgan fingerprint density at radius 1 is 1.47 bits per heavy atom. The number of aryl methyl sites for hydroxylation is 1. The number of methoxy groups -OCH3 is 1. The van der Waals surface area contributed by atoms with E-state index >= 15 is 0 Å². The van der Waals surface area contributed by atoms with Crippen molar-refractivity contribution in [3.63, 3.8) is 0 Å². The molecule has 0 aliphatic heterocycles. The van der Waals surface area contributed by atoms with E-state index in [4.69, 9.17) is 4.74 Å². The minimum absolute atomic E-state index is 0.400. The first kappa shape index (κ1) is 11.4. The summed E-state index contributed by atoms with van der Waals surface area (Å²) >= 11 is 0. The van der Waals surface area contributed by atoms with Crippen molar-refractivity contribution in [2.75, 3.05) is 7.11 Å². The minimum atomic E-state index is -0.639. The van der Waals surface area contributed by atoms with Crippen molar-refractivity contribution < 1.29 is 14.3 Å². The molecule has 5 nitrogen and oxygen atoms in total. The summed E-state index contributed by atoms with van der Waals surface area (Å²) in [5.41, 5.74) is 1.73. The van der Waals surface area contributed by atoms with Crippen molar-refractivity contribution >= 4 is 16.9 Å². The highest BCUT2D eigenvalue weighted by Crippen LogP contribution is 2.27. The van der Waals surface area contributed by atoms with E-state index in [2.05, 4.69) is 14.9 Å². The van der Waals surface area contributed by atoms with E-state index < -0.39 is 12.1 Å². The van der Waals surface area contributed by atoms with Crippen LogP contribution in [-0.2, 0) is 9.53 Å². The fraction of sp³-hybridized carbons (Fsp3) is 0.333. The SMILES string of the molecule is COC(=O)C(C)Oc1cccc2n[nH]c(C)c12. The van der Waals surface area contributed by atoms with Gasteiger partial charge in [-0.1, -0.05) is 6.07 Å². The number of benzene rings is 1. The van der Waals surface area contributed by atoms with Gasteiger partial charge < -0.3 is 9.47 Å². The second kappa shape index (κ2) is 4.45. The third kappa shape index (κ3) is 2.08. The van der Waals surface area contributed by atoms with Gasteiger partial charge in [0.25, 0.3) is 0 Å². The molecule has 0 aliphatic rings. The number of aromatic amines is 1. The average molecular weight is 234 g/mol. The molecule has 0 radical (unpaired) electrons. The molecule has 2 aromatic rings. The van der Waals surface area contributed by atoms with E-state index in [1.54, 1.807) is 6.92 Å². The lowest BCUT2D eigenvalue weighted by atomic mass is 10.2. The number of nitrogens with one attached hydrogen (secondary N) is 1. The Balaban J connectivity index is 2.35. The molecule has 1 atom stereocenters. The summed E-state index contributed by atoms with van der Waals surface area (Å²) < 4.78 is 10.2. The normalized spacial score (nSPS) is 12.4. The molecule has 0 saturated heterocycles. The summed E-state index contributed by atoms with van der Waals surface area (Å²) in [5.74, 6) is 0.231. The van der Waals surface area contributed by atoms with Crippen LogP contribution in [-0.4, -0.2) is 29.4 Å². The van der Waals surface area contributed by atoms with E-state index in [0.29, 0.717) is 5.75 Å². The topological polar surface area (TPSA) is 64.2 Å². The van der Waals surface area contributed by atoms with Crippen molar-refractivity contribution in [3.05, 3.63) is 23.9 Å². The van der Waals surface area contributed by atoms with Crippen LogP contribution in [0.5, 0.6) is 5.75 Å². The smallest absolute Gasteiger partial charge is 0.346 e. The first-order valence-corrected chi connectivity index (χ1v) is 5.31. The van der Waals surface area contributed by atoms with Crippen LogP contribution < -0.4 is 4.74 Å². The number of carbonyl (C=O) groups excluding carboxylic acids is 1. The number of rotatable bonds is 3. The third-order valence-corrected chi connectivity index (χ3v) is 2.56. The summed E-state index contributed by atoms with van der Waals surface area (Å²) in [6, 6.07) is 5.53. The van der Waals surface area contributed by atoms with E-state index in [1.807, 2.05) is 25.1 Å². The van der Waals surface area contributed by atoms with Gasteiger partial charge in [-0.05, 0) is 26.0 Å². The maximum atomic E-state index is 11.3. The molecule has 0 saturated carbocycles. The summed E-state index contributed by atoms with van der Waals surface area (Å²) in [6.45, 7) is 3.56. The highest BCUT2D eigenvalue weighted by molar-refractivity contribution is 5.88. The maximum absolute atomic E-state index is 11.3. The second-order valence-corrected chi connectivity index (χ2v) is 3.78. The van der Waals surface area contributed by atoms with Gasteiger partial charge in [-0.15, -0.1) is 0 Å². The number of aromatic nitrogens is 2. The fourth-order valence-electron chi connectivity index (χ4n) is 1.69. The van der Waals surface area contributed by atoms with E-state index in [-0.39, 0.29) is 0 Å². The van der Waals surface area contributed by atoms with Crippen molar-refractivity contribution in [3.8, 4) is 5.75 Å². The van der Waals surface area contributed by atoms with Crippen LogP contribution in [0.1, 0.15) is 12.6 Å². The van der Waals surface area contributed by atoms with Gasteiger partial charge in [-0.2, -0.15) is 5.10 Å². The molecule has 0 aliphatic carbocycles. The zero-order valence-electron chi connectivity index (χ0n) is 9.98. The van der Waals surface area contributed by atoms with Crippen LogP contribution >= 0.6 is 0 Å². The lowest BCUT2D eigenvalue weighted by molar-refractivity contribution is -0.147. The van der Waals surface area contributed by atoms with E-state index in [0.717, 1.165) is 16.6 Å². The van der Waals surface area contributed by atoms with Crippen molar-refractivity contribution in [1.82, 2.24) is 10.2 Å². The van der Waals surface area contributed by atoms with Crippen LogP contribution in [0.2, 0.25) is 0 Å². The molecule has 90 valence electrons. The number of nitrogens with zero attached hydrogens (tertiary/aromatic N) is 1. The van der Waals surface area contributed by atoms with Gasteiger partial charge in [0.05, 0.1) is 18.0 Å². The lowest BCUT2D eigenvalue weighted by Gasteiger charge is -2.13. The highest BCUT2D eigenvalue weighted by Gasteiger charge is 2.17. The number of H-pyrrole nitrogens is 1. The van der Waals surface area contributed by atoms with Gasteiger partial charge in [-0.3, -0.25) is 5.10 Å². The maximum Gasteiger partial charge on any atom is 0.346 e. The van der Waals surface area contributed by atoms with Gasteiger partial charge in [0.2, 0.25) is 0 Å². The number of fused-ring (bicyclic) bond motifs is 1.